The first-order chi connectivity index (χ1) is 29.5. The molecule has 6 aliphatic rings. The highest BCUT2D eigenvalue weighted by atomic mass is 16.8. The Morgan fingerprint density at radius 3 is 1.52 bits per heavy atom. The fourth-order valence-electron chi connectivity index (χ4n) is 9.07. The minimum atomic E-state index is -1.68. The van der Waals surface area contributed by atoms with Crippen LogP contribution in [0.5, 0.6) is 0 Å². The van der Waals surface area contributed by atoms with E-state index in [4.69, 9.17) is 37.9 Å². The first kappa shape index (κ1) is 48.4. The van der Waals surface area contributed by atoms with Crippen LogP contribution in [0.1, 0.15) is 52.4 Å². The van der Waals surface area contributed by atoms with Crippen molar-refractivity contribution in [2.45, 2.75) is 139 Å². The first-order valence-electron chi connectivity index (χ1n) is 21.2. The Balaban J connectivity index is 0.922. The summed E-state index contributed by atoms with van der Waals surface area (Å²) in [4.78, 5) is 26.5. The van der Waals surface area contributed by atoms with Crippen LogP contribution in [-0.2, 0) is 47.5 Å². The van der Waals surface area contributed by atoms with E-state index in [1.807, 2.05) is 13.8 Å². The summed E-state index contributed by atoms with van der Waals surface area (Å²) in [7, 11) is 0. The fraction of sp³-hybridized carbons (Fsp3) is 0.762. The summed E-state index contributed by atoms with van der Waals surface area (Å²) >= 11 is 0. The molecule has 4 heterocycles. The van der Waals surface area contributed by atoms with Gasteiger partial charge >= 0.3 is 11.9 Å². The van der Waals surface area contributed by atoms with Gasteiger partial charge in [0.05, 0.1) is 74.1 Å². The second-order valence-electron chi connectivity index (χ2n) is 17.4. The van der Waals surface area contributed by atoms with E-state index in [1.165, 1.54) is 12.5 Å². The number of esters is 2. The van der Waals surface area contributed by atoms with Gasteiger partial charge in [-0.3, -0.25) is 0 Å². The Hall–Kier alpha value is -3.06. The van der Waals surface area contributed by atoms with Gasteiger partial charge in [-0.05, 0) is 48.7 Å². The standard InChI is InChI=1S/C42H62O20/c1-17(8-9-55-37(53)23-15-57-39(29-19(3)25(45)10-21(23)29)61-41-35(51)33(49)31(47)27(12-43)59-41)6-5-7-18(2)14-56-38(54)24-16-58-40(30-20(4)26(46)11-22(24)30)62-42-36(52)34(50)32(48)28(13-44)60-42/h15-18,21-22,25-36,39-52H,3-14H2,1-2H3/t17?,18?,21-,22-,25+,26+,27-,28-,29-,30-,31+,32+,33-,34-,35-,36-,39+,40+,41+,42+/m1/s1. The van der Waals surface area contributed by atoms with E-state index < -0.39 is 135 Å². The van der Waals surface area contributed by atoms with Crippen molar-refractivity contribution in [2.24, 2.45) is 35.5 Å². The van der Waals surface area contributed by atoms with Gasteiger partial charge < -0.3 is 89.0 Å². The Bertz CT molecular complexity index is 1650. The minimum absolute atomic E-state index is 0.00695. The minimum Gasteiger partial charge on any atom is -0.471 e. The summed E-state index contributed by atoms with van der Waals surface area (Å²) in [6, 6.07) is 0. The molecule has 6 rings (SSSR count). The number of carbonyl (C=O) groups is 2. The fourth-order valence-corrected chi connectivity index (χ4v) is 9.07. The lowest BCUT2D eigenvalue weighted by Gasteiger charge is -2.42. The highest BCUT2D eigenvalue weighted by Gasteiger charge is 2.54. The molecule has 350 valence electrons. The monoisotopic (exact) mass is 886 g/mol. The molecule has 0 aromatic heterocycles. The molecule has 10 N–H and O–H groups in total. The summed E-state index contributed by atoms with van der Waals surface area (Å²) in [5.41, 5.74) is 1.03. The van der Waals surface area contributed by atoms with E-state index in [9.17, 15) is 60.7 Å². The maximum Gasteiger partial charge on any atom is 0.337 e. The van der Waals surface area contributed by atoms with Crippen molar-refractivity contribution in [3.8, 4) is 0 Å². The molecule has 20 atom stereocenters. The molecule has 20 heteroatoms. The van der Waals surface area contributed by atoms with Gasteiger partial charge in [-0.2, -0.15) is 0 Å². The predicted molar refractivity (Wildman–Crippen MR) is 208 cm³/mol. The van der Waals surface area contributed by atoms with E-state index in [0.29, 0.717) is 17.6 Å². The van der Waals surface area contributed by atoms with Crippen molar-refractivity contribution >= 4 is 11.9 Å². The summed E-state index contributed by atoms with van der Waals surface area (Å²) in [6.07, 6.45) is -14.0. The van der Waals surface area contributed by atoms with Gasteiger partial charge in [-0.25, -0.2) is 9.59 Å². The molecule has 20 nitrogen and oxygen atoms in total. The Kier molecular flexibility index (Phi) is 16.3. The first-order valence-corrected chi connectivity index (χ1v) is 21.2. The van der Waals surface area contributed by atoms with Gasteiger partial charge in [0.15, 0.2) is 12.6 Å². The van der Waals surface area contributed by atoms with E-state index in [2.05, 4.69) is 13.2 Å². The summed E-state index contributed by atoms with van der Waals surface area (Å²) in [5, 5.41) is 102. The average molecular weight is 887 g/mol. The SMILES string of the molecule is C=C1[C@H]2[C@H](O[C@@H]3O[C@H](CO)[C@H](O)[C@@H](O)[C@H]3O)OC=C(C(=O)OCCC(C)CCCC(C)COC(=O)C3=CO[C@@H](O[C@@H]4O[C@H](CO)[C@H](O)[C@@H](O)[C@H]4O)[C@@H]4C(=C)[C@@H](O)C[C@H]34)[C@H]2C[C@@H]1O. The molecular formula is C42H62O20. The van der Waals surface area contributed by atoms with Crippen LogP contribution in [0, 0.1) is 35.5 Å². The average Bonchev–Trinajstić information content (AvgIpc) is 3.72. The third-order valence-electron chi connectivity index (χ3n) is 13.0. The predicted octanol–water partition coefficient (Wildman–Crippen LogP) is -1.87. The Morgan fingerprint density at radius 2 is 1.06 bits per heavy atom. The van der Waals surface area contributed by atoms with Crippen molar-refractivity contribution in [2.75, 3.05) is 26.4 Å². The second-order valence-corrected chi connectivity index (χ2v) is 17.4. The summed E-state index contributed by atoms with van der Waals surface area (Å²) < 4.78 is 45.3. The van der Waals surface area contributed by atoms with E-state index >= 15 is 0 Å². The second kappa shape index (κ2) is 20.8. The normalized spacial score (nSPS) is 41.5. The van der Waals surface area contributed by atoms with Crippen molar-refractivity contribution in [3.63, 3.8) is 0 Å². The molecule has 0 bridgehead atoms. The largest absolute Gasteiger partial charge is 0.471 e. The zero-order chi connectivity index (χ0) is 45.2. The highest BCUT2D eigenvalue weighted by Crippen LogP contribution is 2.48. The van der Waals surface area contributed by atoms with Crippen molar-refractivity contribution in [3.05, 3.63) is 48.0 Å². The van der Waals surface area contributed by atoms with E-state index in [0.717, 1.165) is 19.3 Å². The Morgan fingerprint density at radius 1 is 0.629 bits per heavy atom. The summed E-state index contributed by atoms with van der Waals surface area (Å²) in [6.45, 7) is 10.8. The molecule has 0 spiro atoms. The molecule has 0 amide bonds. The zero-order valence-corrected chi connectivity index (χ0v) is 34.7. The molecule has 2 saturated heterocycles. The van der Waals surface area contributed by atoms with Crippen LogP contribution in [0.25, 0.3) is 0 Å². The Labute approximate surface area is 358 Å². The van der Waals surface area contributed by atoms with E-state index in [-0.39, 0.29) is 49.0 Å². The topological polar surface area (TPSA) is 310 Å². The van der Waals surface area contributed by atoms with Crippen LogP contribution < -0.4 is 0 Å². The number of ether oxygens (including phenoxy) is 8. The third kappa shape index (κ3) is 10.2. The lowest BCUT2D eigenvalue weighted by Crippen LogP contribution is -2.60. The van der Waals surface area contributed by atoms with E-state index in [1.54, 1.807) is 0 Å². The van der Waals surface area contributed by atoms with Crippen LogP contribution in [0.2, 0.25) is 0 Å². The van der Waals surface area contributed by atoms with Gasteiger partial charge in [0, 0.05) is 11.8 Å². The highest BCUT2D eigenvalue weighted by molar-refractivity contribution is 5.89. The number of aliphatic hydroxyl groups is 10. The number of fused-ring (bicyclic) bond motifs is 2. The zero-order valence-electron chi connectivity index (χ0n) is 34.7. The third-order valence-corrected chi connectivity index (χ3v) is 13.0. The van der Waals surface area contributed by atoms with Crippen molar-refractivity contribution in [1.29, 1.82) is 0 Å². The number of rotatable bonds is 17. The molecule has 0 aromatic rings. The number of hydrogen-bond donors (Lipinski definition) is 10. The van der Waals surface area contributed by atoms with Crippen LogP contribution in [0.3, 0.4) is 0 Å². The van der Waals surface area contributed by atoms with Crippen molar-refractivity contribution in [1.82, 2.24) is 0 Å². The van der Waals surface area contributed by atoms with Crippen LogP contribution >= 0.6 is 0 Å². The van der Waals surface area contributed by atoms with Gasteiger partial charge in [0.2, 0.25) is 12.6 Å². The molecule has 62 heavy (non-hydrogen) atoms. The quantitative estimate of drug-likeness (QED) is 0.0565. The van der Waals surface area contributed by atoms with Gasteiger partial charge in [-0.15, -0.1) is 0 Å². The number of aliphatic hydroxyl groups excluding tert-OH is 10. The summed E-state index contributed by atoms with van der Waals surface area (Å²) in [5.74, 6) is -3.75. The van der Waals surface area contributed by atoms with Gasteiger partial charge in [0.25, 0.3) is 0 Å². The molecule has 0 aromatic carbocycles. The molecule has 2 aliphatic carbocycles. The molecule has 0 radical (unpaired) electrons. The molecule has 4 aliphatic heterocycles. The van der Waals surface area contributed by atoms with Gasteiger partial charge in [0.1, 0.15) is 48.8 Å². The maximum absolute atomic E-state index is 13.3. The van der Waals surface area contributed by atoms with Crippen LogP contribution in [0.4, 0.5) is 0 Å². The lowest BCUT2D eigenvalue weighted by molar-refractivity contribution is -0.339. The maximum atomic E-state index is 13.3. The van der Waals surface area contributed by atoms with Crippen LogP contribution in [0.15, 0.2) is 48.0 Å². The number of carbonyl (C=O) groups excluding carboxylic acids is 2. The lowest BCUT2D eigenvalue weighted by atomic mass is 9.85. The van der Waals surface area contributed by atoms with Gasteiger partial charge in [-0.1, -0.05) is 39.8 Å². The number of hydrogen-bond acceptors (Lipinski definition) is 20. The molecule has 2 saturated carbocycles. The molecule has 4 fully saturated rings. The molecule has 2 unspecified atom stereocenters. The molecular weight excluding hydrogens is 824 g/mol. The van der Waals surface area contributed by atoms with Crippen molar-refractivity contribution < 1.29 is 98.5 Å². The smallest absolute Gasteiger partial charge is 0.337 e. The van der Waals surface area contributed by atoms with Crippen LogP contribution in [-0.4, -0.2) is 176 Å².